The Morgan fingerprint density at radius 1 is 1.78 bits per heavy atom. The number of rotatable bonds is 2. The molecule has 0 spiro atoms. The molecule has 0 aromatic heterocycles. The molecule has 0 unspecified atom stereocenters. The second-order valence-corrected chi connectivity index (χ2v) is 2.56. The quantitative estimate of drug-likeness (QED) is 0.554. The highest BCUT2D eigenvalue weighted by molar-refractivity contribution is 6.21. The van der Waals surface area contributed by atoms with Gasteiger partial charge in [-0.1, -0.05) is 0 Å². The lowest BCUT2D eigenvalue weighted by molar-refractivity contribution is -0.105. The number of hydrogen-bond donors (Lipinski definition) is 0. The Morgan fingerprint density at radius 2 is 2.56 bits per heavy atom. The van der Waals surface area contributed by atoms with Gasteiger partial charge in [0, 0.05) is 6.61 Å². The highest BCUT2D eigenvalue weighted by atomic mass is 35.5. The molecular weight excluding hydrogens is 140 g/mol. The minimum Gasteiger partial charge on any atom is -0.351 e. The molecule has 0 bridgehead atoms. The molecule has 1 aliphatic heterocycles. The van der Waals surface area contributed by atoms with Crippen molar-refractivity contribution in [1.29, 1.82) is 0 Å². The zero-order valence-electron chi connectivity index (χ0n) is 5.47. The van der Waals surface area contributed by atoms with Gasteiger partial charge in [-0.25, -0.2) is 0 Å². The molecule has 9 heavy (non-hydrogen) atoms. The first-order valence-corrected chi connectivity index (χ1v) is 3.65. The molecular formula is C6H11ClO2. The van der Waals surface area contributed by atoms with Gasteiger partial charge in [-0.2, -0.15) is 0 Å². The third-order valence-corrected chi connectivity index (χ3v) is 1.73. The van der Waals surface area contributed by atoms with E-state index in [-0.39, 0.29) is 11.7 Å². The van der Waals surface area contributed by atoms with Crippen LogP contribution in [0, 0.1) is 0 Å². The Morgan fingerprint density at radius 3 is 3.00 bits per heavy atom. The third-order valence-electron chi connectivity index (χ3n) is 1.30. The predicted octanol–water partition coefficient (Wildman–Crippen LogP) is 1.38. The fraction of sp³-hybridized carbons (Fsp3) is 1.00. The molecule has 54 valence electrons. The van der Waals surface area contributed by atoms with Crippen LogP contribution in [0.3, 0.4) is 0 Å². The van der Waals surface area contributed by atoms with E-state index in [2.05, 4.69) is 0 Å². The summed E-state index contributed by atoms with van der Waals surface area (Å²) in [6, 6.07) is 0. The zero-order valence-corrected chi connectivity index (χ0v) is 6.23. The average Bonchev–Trinajstić information content (AvgIpc) is 2.18. The topological polar surface area (TPSA) is 18.5 Å². The largest absolute Gasteiger partial charge is 0.351 e. The summed E-state index contributed by atoms with van der Waals surface area (Å²) in [4.78, 5) is 0. The van der Waals surface area contributed by atoms with Crippen molar-refractivity contribution in [2.24, 2.45) is 0 Å². The Labute approximate surface area is 60.1 Å². The Balaban J connectivity index is 2.22. The summed E-state index contributed by atoms with van der Waals surface area (Å²) in [5.74, 6) is 0. The number of alkyl halides is 1. The second kappa shape index (κ2) is 3.40. The van der Waals surface area contributed by atoms with Crippen molar-refractivity contribution in [2.45, 2.75) is 25.0 Å². The van der Waals surface area contributed by atoms with Gasteiger partial charge in [0.2, 0.25) is 0 Å². The molecule has 0 radical (unpaired) electrons. The van der Waals surface area contributed by atoms with Gasteiger partial charge in [0.15, 0.2) is 6.29 Å². The van der Waals surface area contributed by atoms with E-state index >= 15 is 0 Å². The summed E-state index contributed by atoms with van der Waals surface area (Å²) in [6.07, 6.45) is 0.753. The Bertz CT molecular complexity index is 87.1. The van der Waals surface area contributed by atoms with Gasteiger partial charge in [0.05, 0.1) is 12.0 Å². The van der Waals surface area contributed by atoms with Crippen molar-refractivity contribution < 1.29 is 9.47 Å². The minimum absolute atomic E-state index is 0.0601. The first-order valence-electron chi connectivity index (χ1n) is 3.22. The third kappa shape index (κ3) is 1.81. The Kier molecular flexibility index (Phi) is 2.76. The first-order chi connectivity index (χ1) is 4.34. The van der Waals surface area contributed by atoms with Crippen LogP contribution in [0.15, 0.2) is 0 Å². The standard InChI is InChI=1S/C6H11ClO2/c1-2-8-6-5(7)3-4-9-6/h5-6H,2-4H2,1H3/t5-,6-/m1/s1. The lowest BCUT2D eigenvalue weighted by atomic mass is 10.3. The molecule has 0 N–H and O–H groups in total. The van der Waals surface area contributed by atoms with Gasteiger partial charge in [0.25, 0.3) is 0 Å². The molecule has 2 atom stereocenters. The molecule has 1 rings (SSSR count). The highest BCUT2D eigenvalue weighted by Gasteiger charge is 2.25. The van der Waals surface area contributed by atoms with E-state index in [0.29, 0.717) is 6.61 Å². The van der Waals surface area contributed by atoms with Crippen LogP contribution in [0.25, 0.3) is 0 Å². The van der Waals surface area contributed by atoms with Crippen LogP contribution >= 0.6 is 11.6 Å². The fourth-order valence-corrected chi connectivity index (χ4v) is 1.09. The van der Waals surface area contributed by atoms with Gasteiger partial charge in [-0.3, -0.25) is 0 Å². The molecule has 0 amide bonds. The lowest BCUT2D eigenvalue weighted by Gasteiger charge is -2.11. The summed E-state index contributed by atoms with van der Waals surface area (Å²) < 4.78 is 10.3. The molecule has 1 fully saturated rings. The summed E-state index contributed by atoms with van der Waals surface area (Å²) in [5, 5.41) is 0.0601. The van der Waals surface area contributed by atoms with Crippen LogP contribution in [0.1, 0.15) is 13.3 Å². The van der Waals surface area contributed by atoms with Crippen molar-refractivity contribution in [3.8, 4) is 0 Å². The van der Waals surface area contributed by atoms with E-state index in [1.54, 1.807) is 0 Å². The maximum absolute atomic E-state index is 5.81. The number of halogens is 1. The zero-order chi connectivity index (χ0) is 6.69. The minimum atomic E-state index is -0.156. The molecule has 0 aliphatic carbocycles. The molecule has 0 aromatic rings. The van der Waals surface area contributed by atoms with Crippen LogP contribution in [-0.4, -0.2) is 24.9 Å². The smallest absolute Gasteiger partial charge is 0.173 e. The summed E-state index contributed by atoms with van der Waals surface area (Å²) in [5.41, 5.74) is 0. The molecule has 1 heterocycles. The van der Waals surface area contributed by atoms with E-state index in [0.717, 1.165) is 13.0 Å². The summed E-state index contributed by atoms with van der Waals surface area (Å²) in [7, 11) is 0. The van der Waals surface area contributed by atoms with Crippen molar-refractivity contribution in [1.82, 2.24) is 0 Å². The van der Waals surface area contributed by atoms with Gasteiger partial charge in [-0.15, -0.1) is 11.6 Å². The molecule has 1 aliphatic rings. The second-order valence-electron chi connectivity index (χ2n) is 2.00. The van der Waals surface area contributed by atoms with Crippen molar-refractivity contribution in [3.63, 3.8) is 0 Å². The van der Waals surface area contributed by atoms with Crippen LogP contribution in [0.2, 0.25) is 0 Å². The highest BCUT2D eigenvalue weighted by Crippen LogP contribution is 2.19. The SMILES string of the molecule is CCO[C@@H]1OCC[C@H]1Cl. The number of ether oxygens (including phenoxy) is 2. The van der Waals surface area contributed by atoms with Crippen molar-refractivity contribution >= 4 is 11.6 Å². The summed E-state index contributed by atoms with van der Waals surface area (Å²) in [6.45, 7) is 3.35. The maximum atomic E-state index is 5.81. The van der Waals surface area contributed by atoms with Gasteiger partial charge < -0.3 is 9.47 Å². The average molecular weight is 151 g/mol. The van der Waals surface area contributed by atoms with E-state index in [4.69, 9.17) is 21.1 Å². The molecule has 0 saturated carbocycles. The van der Waals surface area contributed by atoms with E-state index < -0.39 is 0 Å². The van der Waals surface area contributed by atoms with E-state index in [1.807, 2.05) is 6.92 Å². The molecule has 2 nitrogen and oxygen atoms in total. The van der Waals surface area contributed by atoms with Crippen molar-refractivity contribution in [2.75, 3.05) is 13.2 Å². The van der Waals surface area contributed by atoms with Crippen LogP contribution < -0.4 is 0 Å². The monoisotopic (exact) mass is 150 g/mol. The van der Waals surface area contributed by atoms with Crippen LogP contribution in [0.5, 0.6) is 0 Å². The number of hydrogen-bond acceptors (Lipinski definition) is 2. The van der Waals surface area contributed by atoms with E-state index in [1.165, 1.54) is 0 Å². The Hall–Kier alpha value is 0.210. The van der Waals surface area contributed by atoms with Crippen molar-refractivity contribution in [3.05, 3.63) is 0 Å². The lowest BCUT2D eigenvalue weighted by Crippen LogP contribution is -2.19. The van der Waals surface area contributed by atoms with Crippen LogP contribution in [0.4, 0.5) is 0 Å². The van der Waals surface area contributed by atoms with Gasteiger partial charge >= 0.3 is 0 Å². The van der Waals surface area contributed by atoms with Gasteiger partial charge in [0.1, 0.15) is 0 Å². The molecule has 3 heteroatoms. The molecule has 1 saturated heterocycles. The molecule has 0 aromatic carbocycles. The predicted molar refractivity (Wildman–Crippen MR) is 35.6 cm³/mol. The van der Waals surface area contributed by atoms with E-state index in [9.17, 15) is 0 Å². The fourth-order valence-electron chi connectivity index (χ4n) is 0.854. The van der Waals surface area contributed by atoms with Crippen LogP contribution in [-0.2, 0) is 9.47 Å². The first kappa shape index (κ1) is 7.32. The normalized spacial score (nSPS) is 35.3. The van der Waals surface area contributed by atoms with Gasteiger partial charge in [-0.05, 0) is 13.3 Å². The maximum Gasteiger partial charge on any atom is 0.173 e. The summed E-state index contributed by atoms with van der Waals surface area (Å²) >= 11 is 5.81.